The molecule has 2 aliphatic rings. The van der Waals surface area contributed by atoms with E-state index in [0.717, 1.165) is 22.3 Å². The monoisotopic (exact) mass is 482 g/mol. The average molecular weight is 483 g/mol. The molecule has 1 heterocycles. The molecule has 3 atom stereocenters. The molecule has 0 aromatic heterocycles. The van der Waals surface area contributed by atoms with Crippen molar-refractivity contribution in [2.45, 2.75) is 43.9 Å². The van der Waals surface area contributed by atoms with Crippen LogP contribution in [0.25, 0.3) is 11.1 Å². The van der Waals surface area contributed by atoms with E-state index in [2.05, 4.69) is 34.9 Å². The summed E-state index contributed by atoms with van der Waals surface area (Å²) in [4.78, 5) is 36.1. The minimum Gasteiger partial charge on any atom is -0.479 e. The van der Waals surface area contributed by atoms with E-state index in [-0.39, 0.29) is 38.0 Å². The number of amides is 2. The van der Waals surface area contributed by atoms with Crippen LogP contribution < -0.4 is 10.6 Å². The van der Waals surface area contributed by atoms with Crippen LogP contribution in [0.15, 0.2) is 48.5 Å². The van der Waals surface area contributed by atoms with Crippen LogP contribution in [-0.4, -0.2) is 67.7 Å². The van der Waals surface area contributed by atoms with Gasteiger partial charge >= 0.3 is 12.1 Å². The Bertz CT molecular complexity index is 1030. The standard InChI is InChI=1S/C26H30N2O7/c1-2-33-16(13-23(29)28-22-11-12-34-24(22)25(30)31)14-27-26(32)35-15-21-19-9-5-3-7-17(19)18-8-4-6-10-20(18)21/h3-10,16,21-22,24H,2,11-15H2,1H3,(H,27,32)(H,28,29)(H,30,31). The van der Waals surface area contributed by atoms with Gasteiger partial charge in [0.15, 0.2) is 6.10 Å². The summed E-state index contributed by atoms with van der Waals surface area (Å²) in [5.74, 6) is -1.51. The fourth-order valence-electron chi connectivity index (χ4n) is 4.73. The topological polar surface area (TPSA) is 123 Å². The Kier molecular flexibility index (Phi) is 7.99. The Morgan fingerprint density at radius 2 is 1.74 bits per heavy atom. The molecule has 2 aromatic carbocycles. The Morgan fingerprint density at radius 3 is 2.37 bits per heavy atom. The van der Waals surface area contributed by atoms with Gasteiger partial charge in [0.05, 0.1) is 18.6 Å². The summed E-state index contributed by atoms with van der Waals surface area (Å²) in [6, 6.07) is 15.6. The fourth-order valence-corrected chi connectivity index (χ4v) is 4.73. The number of carboxylic acid groups (broad SMARTS) is 1. The molecule has 2 amide bonds. The highest BCUT2D eigenvalue weighted by molar-refractivity contribution is 5.80. The quantitative estimate of drug-likeness (QED) is 0.476. The minimum atomic E-state index is -1.11. The average Bonchev–Trinajstić information content (AvgIpc) is 3.44. The van der Waals surface area contributed by atoms with Gasteiger partial charge in [0.25, 0.3) is 0 Å². The first-order valence-corrected chi connectivity index (χ1v) is 11.8. The van der Waals surface area contributed by atoms with Gasteiger partial charge in [-0.15, -0.1) is 0 Å². The van der Waals surface area contributed by atoms with Crippen molar-refractivity contribution in [3.05, 3.63) is 59.7 Å². The molecule has 0 saturated carbocycles. The molecule has 35 heavy (non-hydrogen) atoms. The number of ether oxygens (including phenoxy) is 3. The third-order valence-corrected chi connectivity index (χ3v) is 6.31. The lowest BCUT2D eigenvalue weighted by Gasteiger charge is -2.21. The van der Waals surface area contributed by atoms with Crippen molar-refractivity contribution in [3.63, 3.8) is 0 Å². The van der Waals surface area contributed by atoms with Gasteiger partial charge in [-0.25, -0.2) is 9.59 Å². The van der Waals surface area contributed by atoms with Gasteiger partial charge < -0.3 is 30.0 Å². The van der Waals surface area contributed by atoms with Crippen molar-refractivity contribution in [2.24, 2.45) is 0 Å². The lowest BCUT2D eigenvalue weighted by Crippen LogP contribution is -2.46. The lowest BCUT2D eigenvalue weighted by atomic mass is 9.98. The number of carbonyl (C=O) groups is 3. The molecule has 9 heteroatoms. The number of alkyl carbamates (subject to hydrolysis) is 1. The van der Waals surface area contributed by atoms with E-state index in [1.807, 2.05) is 24.3 Å². The molecular formula is C26H30N2O7. The second kappa shape index (κ2) is 11.3. The van der Waals surface area contributed by atoms with Crippen molar-refractivity contribution in [2.75, 3.05) is 26.4 Å². The van der Waals surface area contributed by atoms with E-state index in [1.54, 1.807) is 6.92 Å². The van der Waals surface area contributed by atoms with Crippen molar-refractivity contribution in [3.8, 4) is 11.1 Å². The van der Waals surface area contributed by atoms with E-state index in [0.29, 0.717) is 13.0 Å². The Hall–Kier alpha value is -3.43. The molecule has 0 bridgehead atoms. The minimum absolute atomic E-state index is 0.0274. The number of hydrogen-bond donors (Lipinski definition) is 3. The molecule has 0 spiro atoms. The highest BCUT2D eigenvalue weighted by Crippen LogP contribution is 2.44. The predicted octanol–water partition coefficient (Wildman–Crippen LogP) is 2.68. The number of nitrogens with one attached hydrogen (secondary N) is 2. The molecule has 1 fully saturated rings. The van der Waals surface area contributed by atoms with Crippen LogP contribution in [0.1, 0.15) is 36.8 Å². The molecule has 4 rings (SSSR count). The normalized spacial score (nSPS) is 19.5. The molecule has 3 unspecified atom stereocenters. The van der Waals surface area contributed by atoms with Gasteiger partial charge in [0, 0.05) is 25.7 Å². The van der Waals surface area contributed by atoms with Crippen LogP contribution in [0.5, 0.6) is 0 Å². The highest BCUT2D eigenvalue weighted by atomic mass is 16.5. The van der Waals surface area contributed by atoms with Crippen molar-refractivity contribution >= 4 is 18.0 Å². The lowest BCUT2D eigenvalue weighted by molar-refractivity contribution is -0.148. The van der Waals surface area contributed by atoms with Gasteiger partial charge in [-0.05, 0) is 35.6 Å². The number of carboxylic acids is 1. The van der Waals surface area contributed by atoms with E-state index in [4.69, 9.17) is 14.2 Å². The third-order valence-electron chi connectivity index (χ3n) is 6.31. The number of rotatable bonds is 10. The summed E-state index contributed by atoms with van der Waals surface area (Å²) in [6.45, 7) is 2.71. The van der Waals surface area contributed by atoms with Gasteiger partial charge in [0.2, 0.25) is 5.91 Å². The predicted molar refractivity (Wildman–Crippen MR) is 127 cm³/mol. The van der Waals surface area contributed by atoms with Gasteiger partial charge in [0.1, 0.15) is 6.61 Å². The Balaban J connectivity index is 1.28. The summed E-state index contributed by atoms with van der Waals surface area (Å²) >= 11 is 0. The molecule has 1 saturated heterocycles. The molecular weight excluding hydrogens is 452 g/mol. The van der Waals surface area contributed by atoms with E-state index < -0.39 is 30.3 Å². The van der Waals surface area contributed by atoms with Crippen LogP contribution in [0.3, 0.4) is 0 Å². The van der Waals surface area contributed by atoms with Gasteiger partial charge in [-0.1, -0.05) is 48.5 Å². The van der Waals surface area contributed by atoms with Crippen molar-refractivity contribution < 1.29 is 33.7 Å². The largest absolute Gasteiger partial charge is 0.479 e. The van der Waals surface area contributed by atoms with Crippen LogP contribution in [0, 0.1) is 0 Å². The SMILES string of the molecule is CCOC(CNC(=O)OCC1c2ccccc2-c2ccccc21)CC(=O)NC1CCOC1C(=O)O. The molecule has 1 aliphatic carbocycles. The molecule has 0 radical (unpaired) electrons. The maximum atomic E-state index is 12.4. The maximum Gasteiger partial charge on any atom is 0.407 e. The first kappa shape index (κ1) is 24.7. The van der Waals surface area contributed by atoms with E-state index >= 15 is 0 Å². The van der Waals surface area contributed by atoms with Gasteiger partial charge in [-0.2, -0.15) is 0 Å². The summed E-state index contributed by atoms with van der Waals surface area (Å²) in [5, 5.41) is 14.6. The molecule has 3 N–H and O–H groups in total. The summed E-state index contributed by atoms with van der Waals surface area (Å²) in [6.07, 6.45) is -1.82. The number of carbonyl (C=O) groups excluding carboxylic acids is 2. The molecule has 1 aliphatic heterocycles. The van der Waals surface area contributed by atoms with Gasteiger partial charge in [-0.3, -0.25) is 4.79 Å². The van der Waals surface area contributed by atoms with Crippen LogP contribution in [0.2, 0.25) is 0 Å². The Morgan fingerprint density at radius 1 is 1.09 bits per heavy atom. The van der Waals surface area contributed by atoms with Crippen LogP contribution in [0.4, 0.5) is 4.79 Å². The fraction of sp³-hybridized carbons (Fsp3) is 0.423. The first-order chi connectivity index (χ1) is 17.0. The zero-order valence-corrected chi connectivity index (χ0v) is 19.6. The van der Waals surface area contributed by atoms with Crippen LogP contribution in [-0.2, 0) is 23.8 Å². The molecule has 9 nitrogen and oxygen atoms in total. The van der Waals surface area contributed by atoms with Crippen molar-refractivity contribution in [1.29, 1.82) is 0 Å². The second-order valence-electron chi connectivity index (χ2n) is 8.58. The number of aliphatic carboxylic acids is 1. The first-order valence-electron chi connectivity index (χ1n) is 11.8. The molecule has 186 valence electrons. The second-order valence-corrected chi connectivity index (χ2v) is 8.58. The van der Waals surface area contributed by atoms with Crippen LogP contribution >= 0.6 is 0 Å². The molecule has 2 aromatic rings. The number of fused-ring (bicyclic) bond motifs is 3. The maximum absolute atomic E-state index is 12.4. The smallest absolute Gasteiger partial charge is 0.407 e. The summed E-state index contributed by atoms with van der Waals surface area (Å²) in [5.41, 5.74) is 4.55. The summed E-state index contributed by atoms with van der Waals surface area (Å²) in [7, 11) is 0. The number of benzene rings is 2. The third kappa shape index (κ3) is 5.80. The summed E-state index contributed by atoms with van der Waals surface area (Å²) < 4.78 is 16.3. The van der Waals surface area contributed by atoms with Crippen molar-refractivity contribution in [1.82, 2.24) is 10.6 Å². The van der Waals surface area contributed by atoms with E-state index in [9.17, 15) is 19.5 Å². The van der Waals surface area contributed by atoms with E-state index in [1.165, 1.54) is 0 Å². The number of hydrogen-bond acceptors (Lipinski definition) is 6. The zero-order chi connectivity index (χ0) is 24.8. The Labute approximate surface area is 203 Å². The zero-order valence-electron chi connectivity index (χ0n) is 19.6. The highest BCUT2D eigenvalue weighted by Gasteiger charge is 2.35.